The molecule has 0 aromatic carbocycles. The number of nitrogens with zero attached hydrogens (tertiary/aromatic N) is 1. The molecule has 2 heterocycles. The summed E-state index contributed by atoms with van der Waals surface area (Å²) in [6, 6.07) is 0. The summed E-state index contributed by atoms with van der Waals surface area (Å²) in [5.41, 5.74) is 0. The molecule has 0 bridgehead atoms. The van der Waals surface area contributed by atoms with Gasteiger partial charge in [0.2, 0.25) is 0 Å². The molecule has 0 aliphatic carbocycles. The number of likely N-dealkylation sites (tertiary alicyclic amines) is 1. The van der Waals surface area contributed by atoms with Gasteiger partial charge in [-0.1, -0.05) is 13.8 Å². The summed E-state index contributed by atoms with van der Waals surface area (Å²) in [5, 5.41) is 0. The van der Waals surface area contributed by atoms with Crippen molar-refractivity contribution in [3.05, 3.63) is 0 Å². The zero-order chi connectivity index (χ0) is 11.5. The number of hydrogen-bond donors (Lipinski definition) is 0. The van der Waals surface area contributed by atoms with E-state index >= 15 is 0 Å². The molecule has 2 nitrogen and oxygen atoms in total. The molecule has 3 heteroatoms. The van der Waals surface area contributed by atoms with Gasteiger partial charge in [-0.3, -0.25) is 0 Å². The van der Waals surface area contributed by atoms with Crippen LogP contribution in [0.3, 0.4) is 0 Å². The minimum atomic E-state index is -0.744. The van der Waals surface area contributed by atoms with Crippen molar-refractivity contribution in [2.24, 2.45) is 11.8 Å². The third-order valence-corrected chi connectivity index (χ3v) is 3.93. The van der Waals surface area contributed by atoms with E-state index in [1.54, 1.807) is 0 Å². The molecule has 4 atom stereocenters. The molecular weight excluding hydrogens is 205 g/mol. The summed E-state index contributed by atoms with van der Waals surface area (Å²) in [6.45, 7) is 8.11. The SMILES string of the molecule is C[C@H]1CCCN(C[C@@H]2OC[C@@H](F)C[C@@H]2C)C1. The second-order valence-electron chi connectivity index (χ2n) is 5.69. The van der Waals surface area contributed by atoms with Crippen molar-refractivity contribution in [2.75, 3.05) is 26.2 Å². The lowest BCUT2D eigenvalue weighted by molar-refractivity contribution is -0.0752. The van der Waals surface area contributed by atoms with Crippen molar-refractivity contribution in [2.45, 2.75) is 45.4 Å². The molecule has 0 unspecified atom stereocenters. The third kappa shape index (κ3) is 3.17. The Kier molecular flexibility index (Phi) is 4.20. The first kappa shape index (κ1) is 12.3. The molecule has 2 fully saturated rings. The Balaban J connectivity index is 1.80. The Bertz CT molecular complexity index is 224. The van der Waals surface area contributed by atoms with Crippen LogP contribution in [0.1, 0.15) is 33.1 Å². The van der Waals surface area contributed by atoms with Crippen LogP contribution in [0.4, 0.5) is 4.39 Å². The van der Waals surface area contributed by atoms with Crippen LogP contribution >= 0.6 is 0 Å². The molecule has 2 aliphatic heterocycles. The van der Waals surface area contributed by atoms with Gasteiger partial charge in [0, 0.05) is 13.1 Å². The van der Waals surface area contributed by atoms with Crippen molar-refractivity contribution < 1.29 is 9.13 Å². The summed E-state index contributed by atoms with van der Waals surface area (Å²) >= 11 is 0. The number of alkyl halides is 1. The van der Waals surface area contributed by atoms with E-state index in [0.29, 0.717) is 18.9 Å². The van der Waals surface area contributed by atoms with Crippen LogP contribution in [0.5, 0.6) is 0 Å². The quantitative estimate of drug-likeness (QED) is 0.721. The summed E-state index contributed by atoms with van der Waals surface area (Å²) in [7, 11) is 0. The van der Waals surface area contributed by atoms with Gasteiger partial charge in [-0.25, -0.2) is 4.39 Å². The van der Waals surface area contributed by atoms with E-state index < -0.39 is 6.17 Å². The van der Waals surface area contributed by atoms with Crippen LogP contribution in [0.15, 0.2) is 0 Å². The predicted octanol–water partition coefficient (Wildman–Crippen LogP) is 2.48. The van der Waals surface area contributed by atoms with Crippen LogP contribution < -0.4 is 0 Å². The van der Waals surface area contributed by atoms with E-state index in [2.05, 4.69) is 18.7 Å². The molecule has 0 spiro atoms. The zero-order valence-corrected chi connectivity index (χ0v) is 10.5. The molecule has 0 N–H and O–H groups in total. The predicted molar refractivity (Wildman–Crippen MR) is 63.3 cm³/mol. The Morgan fingerprint density at radius 3 is 2.88 bits per heavy atom. The molecule has 0 saturated carbocycles. The molecule has 2 saturated heterocycles. The minimum Gasteiger partial charge on any atom is -0.374 e. The second kappa shape index (κ2) is 5.46. The van der Waals surface area contributed by atoms with Gasteiger partial charge >= 0.3 is 0 Å². The van der Waals surface area contributed by atoms with Gasteiger partial charge in [-0.15, -0.1) is 0 Å². The minimum absolute atomic E-state index is 0.247. The van der Waals surface area contributed by atoms with E-state index in [4.69, 9.17) is 4.74 Å². The maximum atomic E-state index is 13.1. The molecule has 94 valence electrons. The van der Waals surface area contributed by atoms with Crippen LogP contribution in [0, 0.1) is 11.8 Å². The van der Waals surface area contributed by atoms with Gasteiger partial charge in [-0.05, 0) is 37.6 Å². The highest BCUT2D eigenvalue weighted by Crippen LogP contribution is 2.25. The van der Waals surface area contributed by atoms with Crippen molar-refractivity contribution in [3.8, 4) is 0 Å². The Morgan fingerprint density at radius 2 is 2.19 bits per heavy atom. The Labute approximate surface area is 98.1 Å². The number of piperidine rings is 1. The standard InChI is InChI=1S/C13H24FNO/c1-10-4-3-5-15(7-10)8-13-11(2)6-12(14)9-16-13/h10-13H,3-9H2,1-2H3/t10-,11-,12-,13-/m0/s1. The smallest absolute Gasteiger partial charge is 0.124 e. The third-order valence-electron chi connectivity index (χ3n) is 3.93. The lowest BCUT2D eigenvalue weighted by Gasteiger charge is -2.38. The molecular formula is C13H24FNO. The largest absolute Gasteiger partial charge is 0.374 e. The molecule has 0 amide bonds. The summed E-state index contributed by atoms with van der Waals surface area (Å²) in [4.78, 5) is 2.49. The fourth-order valence-corrected chi connectivity index (χ4v) is 2.96. The van der Waals surface area contributed by atoms with Gasteiger partial charge in [0.1, 0.15) is 6.17 Å². The number of hydrogen-bond acceptors (Lipinski definition) is 2. The zero-order valence-electron chi connectivity index (χ0n) is 10.5. The normalized spacial score (nSPS) is 42.2. The van der Waals surface area contributed by atoms with Gasteiger partial charge in [0.15, 0.2) is 0 Å². The highest BCUT2D eigenvalue weighted by atomic mass is 19.1. The highest BCUT2D eigenvalue weighted by Gasteiger charge is 2.30. The van der Waals surface area contributed by atoms with Gasteiger partial charge < -0.3 is 9.64 Å². The van der Waals surface area contributed by atoms with Gasteiger partial charge in [0.05, 0.1) is 12.7 Å². The van der Waals surface area contributed by atoms with Crippen LogP contribution in [0.2, 0.25) is 0 Å². The molecule has 2 aliphatic rings. The summed E-state index contributed by atoms with van der Waals surface area (Å²) in [6.07, 6.45) is 2.83. The monoisotopic (exact) mass is 229 g/mol. The lowest BCUT2D eigenvalue weighted by Crippen LogP contribution is -2.45. The maximum Gasteiger partial charge on any atom is 0.124 e. The number of halogens is 1. The number of ether oxygens (including phenoxy) is 1. The first-order valence-electron chi connectivity index (χ1n) is 6.63. The van der Waals surface area contributed by atoms with E-state index in [1.807, 2.05) is 0 Å². The molecule has 16 heavy (non-hydrogen) atoms. The van der Waals surface area contributed by atoms with Crippen molar-refractivity contribution in [3.63, 3.8) is 0 Å². The van der Waals surface area contributed by atoms with E-state index in [9.17, 15) is 4.39 Å². The molecule has 0 aromatic rings. The molecule has 2 rings (SSSR count). The van der Waals surface area contributed by atoms with Crippen LogP contribution in [-0.2, 0) is 4.74 Å². The molecule has 0 radical (unpaired) electrons. The topological polar surface area (TPSA) is 12.5 Å². The van der Waals surface area contributed by atoms with Crippen molar-refractivity contribution in [1.82, 2.24) is 4.90 Å². The highest BCUT2D eigenvalue weighted by molar-refractivity contribution is 4.80. The van der Waals surface area contributed by atoms with Gasteiger partial charge in [0.25, 0.3) is 0 Å². The van der Waals surface area contributed by atoms with Gasteiger partial charge in [-0.2, -0.15) is 0 Å². The summed E-state index contributed by atoms with van der Waals surface area (Å²) < 4.78 is 18.7. The molecule has 0 aromatic heterocycles. The lowest BCUT2D eigenvalue weighted by atomic mass is 9.93. The van der Waals surface area contributed by atoms with Crippen LogP contribution in [0.25, 0.3) is 0 Å². The van der Waals surface area contributed by atoms with Crippen molar-refractivity contribution >= 4 is 0 Å². The second-order valence-corrected chi connectivity index (χ2v) is 5.69. The van der Waals surface area contributed by atoms with Crippen LogP contribution in [-0.4, -0.2) is 43.4 Å². The maximum absolute atomic E-state index is 13.1. The van der Waals surface area contributed by atoms with E-state index in [1.165, 1.54) is 25.9 Å². The average Bonchev–Trinajstić information content (AvgIpc) is 2.22. The average molecular weight is 229 g/mol. The first-order valence-corrected chi connectivity index (χ1v) is 6.63. The summed E-state index contributed by atoms with van der Waals surface area (Å²) in [5.74, 6) is 1.17. The Morgan fingerprint density at radius 1 is 1.38 bits per heavy atom. The fraction of sp³-hybridized carbons (Fsp3) is 1.00. The van der Waals surface area contributed by atoms with E-state index in [-0.39, 0.29) is 6.10 Å². The first-order chi connectivity index (χ1) is 7.65. The van der Waals surface area contributed by atoms with E-state index in [0.717, 1.165) is 12.5 Å². The Hall–Kier alpha value is -0.150. The number of rotatable bonds is 2. The van der Waals surface area contributed by atoms with Crippen molar-refractivity contribution in [1.29, 1.82) is 0 Å². The fourth-order valence-electron chi connectivity index (χ4n) is 2.96.